The number of rotatable bonds is 6. The van der Waals surface area contributed by atoms with Gasteiger partial charge < -0.3 is 10.4 Å². The van der Waals surface area contributed by atoms with Gasteiger partial charge in [-0.1, -0.05) is 35.0 Å². The van der Waals surface area contributed by atoms with Gasteiger partial charge >= 0.3 is 0 Å². The first kappa shape index (κ1) is 12.7. The predicted molar refractivity (Wildman–Crippen MR) is 66.9 cm³/mol. The second kappa shape index (κ2) is 6.99. The van der Waals surface area contributed by atoms with Crippen molar-refractivity contribution in [1.29, 1.82) is 0 Å². The van der Waals surface area contributed by atoms with Crippen molar-refractivity contribution < 1.29 is 5.11 Å². The highest BCUT2D eigenvalue weighted by Crippen LogP contribution is 2.19. The van der Waals surface area contributed by atoms with E-state index in [1.165, 1.54) is 5.56 Å². The fourth-order valence-electron chi connectivity index (χ4n) is 1.55. The minimum absolute atomic E-state index is 0.254. The maximum Gasteiger partial charge on any atom is 0.0443 e. The Bertz CT molecular complexity index is 273. The van der Waals surface area contributed by atoms with Crippen LogP contribution < -0.4 is 5.32 Å². The van der Waals surface area contributed by atoms with Gasteiger partial charge in [-0.2, -0.15) is 0 Å². The molecular weight excluding hydrogens is 254 g/mol. The smallest absolute Gasteiger partial charge is 0.0443 e. The second-order valence-corrected chi connectivity index (χ2v) is 4.46. The zero-order valence-corrected chi connectivity index (χ0v) is 10.6. The monoisotopic (exact) mass is 271 g/mol. The molecule has 0 aliphatic rings. The van der Waals surface area contributed by atoms with Crippen LogP contribution in [0.4, 0.5) is 0 Å². The Morgan fingerprint density at radius 1 is 1.33 bits per heavy atom. The van der Waals surface area contributed by atoms with Gasteiger partial charge in [-0.05, 0) is 37.1 Å². The van der Waals surface area contributed by atoms with Gasteiger partial charge in [-0.25, -0.2) is 0 Å². The summed E-state index contributed by atoms with van der Waals surface area (Å²) in [5.74, 6) is 0. The first-order valence-electron chi connectivity index (χ1n) is 5.37. The zero-order chi connectivity index (χ0) is 11.1. The Hall–Kier alpha value is -0.380. The average Bonchev–Trinajstić information content (AvgIpc) is 2.26. The van der Waals surface area contributed by atoms with Crippen LogP contribution in [-0.4, -0.2) is 18.3 Å². The molecule has 1 aromatic carbocycles. The maximum absolute atomic E-state index is 8.71. The highest BCUT2D eigenvalue weighted by Gasteiger charge is 2.07. The van der Waals surface area contributed by atoms with Gasteiger partial charge in [0.25, 0.3) is 0 Å². The van der Waals surface area contributed by atoms with Gasteiger partial charge in [0.1, 0.15) is 0 Å². The third-order valence-electron chi connectivity index (χ3n) is 2.41. The fraction of sp³-hybridized carbons (Fsp3) is 0.500. The molecule has 0 saturated heterocycles. The summed E-state index contributed by atoms with van der Waals surface area (Å²) in [6.07, 6.45) is 1.88. The van der Waals surface area contributed by atoms with Crippen molar-refractivity contribution in [2.75, 3.05) is 13.2 Å². The molecule has 3 heteroatoms. The zero-order valence-electron chi connectivity index (χ0n) is 9.04. The number of benzene rings is 1. The molecular formula is C12H18BrNO. The Labute approximate surface area is 99.8 Å². The lowest BCUT2D eigenvalue weighted by atomic mass is 10.0. The van der Waals surface area contributed by atoms with Crippen LogP contribution in [0.1, 0.15) is 31.4 Å². The number of nitrogens with one attached hydrogen (secondary N) is 1. The van der Waals surface area contributed by atoms with Crippen LogP contribution in [0.3, 0.4) is 0 Å². The summed E-state index contributed by atoms with van der Waals surface area (Å²) in [7, 11) is 0. The van der Waals surface area contributed by atoms with Gasteiger partial charge in [0, 0.05) is 17.1 Å². The lowest BCUT2D eigenvalue weighted by molar-refractivity contribution is 0.283. The summed E-state index contributed by atoms with van der Waals surface area (Å²) in [4.78, 5) is 0. The van der Waals surface area contributed by atoms with Gasteiger partial charge in [-0.3, -0.25) is 0 Å². The summed E-state index contributed by atoms with van der Waals surface area (Å²) >= 11 is 3.43. The molecule has 0 saturated carbocycles. The average molecular weight is 272 g/mol. The van der Waals surface area contributed by atoms with Crippen molar-refractivity contribution in [3.63, 3.8) is 0 Å². The molecule has 0 unspecified atom stereocenters. The molecule has 1 aromatic rings. The molecule has 84 valence electrons. The Morgan fingerprint density at radius 3 is 2.53 bits per heavy atom. The molecule has 2 nitrogen and oxygen atoms in total. The normalized spacial score (nSPS) is 12.7. The lowest BCUT2D eigenvalue weighted by Crippen LogP contribution is -2.22. The van der Waals surface area contributed by atoms with Crippen molar-refractivity contribution in [2.45, 2.75) is 25.8 Å². The van der Waals surface area contributed by atoms with Crippen LogP contribution >= 0.6 is 15.9 Å². The molecule has 1 rings (SSSR count). The summed E-state index contributed by atoms with van der Waals surface area (Å²) in [5.41, 5.74) is 1.30. The van der Waals surface area contributed by atoms with E-state index in [9.17, 15) is 0 Å². The van der Waals surface area contributed by atoms with Crippen LogP contribution in [0.5, 0.6) is 0 Å². The third-order valence-corrected chi connectivity index (χ3v) is 2.93. The molecule has 0 aromatic heterocycles. The third kappa shape index (κ3) is 4.33. The quantitative estimate of drug-likeness (QED) is 0.780. The van der Waals surface area contributed by atoms with Crippen molar-refractivity contribution in [3.05, 3.63) is 34.3 Å². The maximum atomic E-state index is 8.71. The van der Waals surface area contributed by atoms with E-state index in [0.29, 0.717) is 6.04 Å². The van der Waals surface area contributed by atoms with E-state index >= 15 is 0 Å². The molecule has 0 bridgehead atoms. The summed E-state index contributed by atoms with van der Waals surface area (Å²) in [6.45, 7) is 3.29. The molecule has 1 atom stereocenters. The Balaban J connectivity index is 2.53. The summed E-state index contributed by atoms with van der Waals surface area (Å²) in [6, 6.07) is 8.77. The van der Waals surface area contributed by atoms with Crippen LogP contribution in [-0.2, 0) is 0 Å². The van der Waals surface area contributed by atoms with E-state index in [-0.39, 0.29) is 6.61 Å². The predicted octanol–water partition coefficient (Wildman–Crippen LogP) is 2.87. The van der Waals surface area contributed by atoms with Crippen LogP contribution in [0, 0.1) is 0 Å². The van der Waals surface area contributed by atoms with Gasteiger partial charge in [0.05, 0.1) is 0 Å². The van der Waals surface area contributed by atoms with Crippen LogP contribution in [0.15, 0.2) is 28.7 Å². The number of aliphatic hydroxyl groups excluding tert-OH is 1. The molecule has 0 amide bonds. The van der Waals surface area contributed by atoms with E-state index < -0.39 is 0 Å². The fourth-order valence-corrected chi connectivity index (χ4v) is 1.81. The standard InChI is InChI=1S/C12H18BrNO/c1-2-12(14-8-3-9-15)10-4-6-11(13)7-5-10/h4-7,12,14-15H,2-3,8-9H2,1H3/t12-/m1/s1. The van der Waals surface area contributed by atoms with E-state index in [1.54, 1.807) is 0 Å². The molecule has 0 aliphatic carbocycles. The van der Waals surface area contributed by atoms with Crippen molar-refractivity contribution in [3.8, 4) is 0 Å². The molecule has 0 radical (unpaired) electrons. The molecule has 2 N–H and O–H groups in total. The number of hydrogen-bond acceptors (Lipinski definition) is 2. The van der Waals surface area contributed by atoms with Crippen molar-refractivity contribution in [2.24, 2.45) is 0 Å². The Kier molecular flexibility index (Phi) is 5.91. The van der Waals surface area contributed by atoms with E-state index in [0.717, 1.165) is 23.9 Å². The van der Waals surface area contributed by atoms with Crippen molar-refractivity contribution in [1.82, 2.24) is 5.32 Å². The minimum atomic E-state index is 0.254. The molecule has 0 fully saturated rings. The first-order chi connectivity index (χ1) is 7.27. The van der Waals surface area contributed by atoms with E-state index in [1.807, 2.05) is 0 Å². The van der Waals surface area contributed by atoms with Crippen LogP contribution in [0.2, 0.25) is 0 Å². The van der Waals surface area contributed by atoms with E-state index in [2.05, 4.69) is 52.4 Å². The topological polar surface area (TPSA) is 32.3 Å². The van der Waals surface area contributed by atoms with Crippen molar-refractivity contribution >= 4 is 15.9 Å². The molecule has 0 spiro atoms. The molecule has 15 heavy (non-hydrogen) atoms. The lowest BCUT2D eigenvalue weighted by Gasteiger charge is -2.17. The number of aliphatic hydroxyl groups is 1. The Morgan fingerprint density at radius 2 is 2.00 bits per heavy atom. The van der Waals surface area contributed by atoms with Crippen LogP contribution in [0.25, 0.3) is 0 Å². The largest absolute Gasteiger partial charge is 0.396 e. The van der Waals surface area contributed by atoms with Gasteiger partial charge in [-0.15, -0.1) is 0 Å². The van der Waals surface area contributed by atoms with Gasteiger partial charge in [0.15, 0.2) is 0 Å². The minimum Gasteiger partial charge on any atom is -0.396 e. The number of hydrogen-bond donors (Lipinski definition) is 2. The first-order valence-corrected chi connectivity index (χ1v) is 6.17. The van der Waals surface area contributed by atoms with Gasteiger partial charge in [0.2, 0.25) is 0 Å². The SMILES string of the molecule is CC[C@@H](NCCCO)c1ccc(Br)cc1. The summed E-state index contributed by atoms with van der Waals surface area (Å²) in [5, 5.41) is 12.1. The number of halogens is 1. The highest BCUT2D eigenvalue weighted by atomic mass is 79.9. The van der Waals surface area contributed by atoms with E-state index in [4.69, 9.17) is 5.11 Å². The highest BCUT2D eigenvalue weighted by molar-refractivity contribution is 9.10. The summed E-state index contributed by atoms with van der Waals surface area (Å²) < 4.78 is 1.11. The molecule has 0 aliphatic heterocycles. The molecule has 0 heterocycles. The second-order valence-electron chi connectivity index (χ2n) is 3.54.